The van der Waals surface area contributed by atoms with Crippen molar-refractivity contribution in [2.75, 3.05) is 32.7 Å². The van der Waals surface area contributed by atoms with E-state index in [0.717, 1.165) is 49.7 Å². The van der Waals surface area contributed by atoms with Gasteiger partial charge in [-0.2, -0.15) is 0 Å². The first-order valence-corrected chi connectivity index (χ1v) is 10.1. The molecule has 0 saturated carbocycles. The molecule has 1 aliphatic heterocycles. The van der Waals surface area contributed by atoms with Gasteiger partial charge in [0, 0.05) is 37.1 Å². The van der Waals surface area contributed by atoms with Crippen molar-refractivity contribution in [2.24, 2.45) is 0 Å². The van der Waals surface area contributed by atoms with Crippen LogP contribution in [0.5, 0.6) is 0 Å². The number of hydrogen-bond donors (Lipinski definition) is 1. The van der Waals surface area contributed by atoms with E-state index in [-0.39, 0.29) is 12.1 Å². The summed E-state index contributed by atoms with van der Waals surface area (Å²) in [6.45, 7) is 8.80. The number of amides is 1. The molecule has 4 nitrogen and oxygen atoms in total. The van der Waals surface area contributed by atoms with Gasteiger partial charge in [-0.15, -0.1) is 11.3 Å². The van der Waals surface area contributed by atoms with Crippen LogP contribution in [0.3, 0.4) is 0 Å². The van der Waals surface area contributed by atoms with E-state index < -0.39 is 23.1 Å². The number of piperazine rings is 1. The van der Waals surface area contributed by atoms with Crippen LogP contribution < -0.4 is 5.32 Å². The van der Waals surface area contributed by atoms with Crippen molar-refractivity contribution in [3.63, 3.8) is 0 Å². The standard InChI is InChI=1S/C20H25F2N3OS/c1-3-24-9-11-25(12-10-24)19(17-8-5-13-27-17)14(2)23-20(26)18-15(21)6-4-7-16(18)22/h4-8,13-14,19H,3,9-12H2,1-2H3,(H,23,26)/t14-,19+/m0/s1. The molecule has 2 heterocycles. The van der Waals surface area contributed by atoms with Gasteiger partial charge in [0.15, 0.2) is 0 Å². The minimum Gasteiger partial charge on any atom is -0.347 e. The molecule has 1 aliphatic rings. The minimum atomic E-state index is -0.844. The van der Waals surface area contributed by atoms with E-state index >= 15 is 0 Å². The van der Waals surface area contributed by atoms with Gasteiger partial charge in [0.2, 0.25) is 0 Å². The number of carbonyl (C=O) groups excluding carboxylic acids is 1. The first-order chi connectivity index (χ1) is 13.0. The number of nitrogens with one attached hydrogen (secondary N) is 1. The lowest BCUT2D eigenvalue weighted by Crippen LogP contribution is -2.52. The van der Waals surface area contributed by atoms with Gasteiger partial charge in [-0.1, -0.05) is 19.1 Å². The zero-order valence-electron chi connectivity index (χ0n) is 15.6. The third kappa shape index (κ3) is 4.54. The van der Waals surface area contributed by atoms with E-state index in [4.69, 9.17) is 0 Å². The Bertz CT molecular complexity index is 740. The van der Waals surface area contributed by atoms with E-state index in [9.17, 15) is 13.6 Å². The van der Waals surface area contributed by atoms with Crippen molar-refractivity contribution in [1.82, 2.24) is 15.1 Å². The second-order valence-electron chi connectivity index (χ2n) is 6.79. The quantitative estimate of drug-likeness (QED) is 0.816. The number of rotatable bonds is 6. The zero-order valence-corrected chi connectivity index (χ0v) is 16.4. The Kier molecular flexibility index (Phi) is 6.57. The third-order valence-electron chi connectivity index (χ3n) is 5.10. The van der Waals surface area contributed by atoms with E-state index in [2.05, 4.69) is 22.0 Å². The van der Waals surface area contributed by atoms with Gasteiger partial charge in [-0.3, -0.25) is 9.69 Å². The maximum atomic E-state index is 13.9. The molecule has 0 radical (unpaired) electrons. The molecule has 1 fully saturated rings. The predicted octanol–water partition coefficient (Wildman–Crippen LogP) is 3.52. The van der Waals surface area contributed by atoms with Gasteiger partial charge in [0.1, 0.15) is 17.2 Å². The molecule has 0 unspecified atom stereocenters. The minimum absolute atomic E-state index is 0.0252. The fourth-order valence-electron chi connectivity index (χ4n) is 3.63. The molecule has 1 amide bonds. The second-order valence-corrected chi connectivity index (χ2v) is 7.77. The molecule has 146 valence electrons. The van der Waals surface area contributed by atoms with Gasteiger partial charge < -0.3 is 10.2 Å². The number of carbonyl (C=O) groups is 1. The van der Waals surface area contributed by atoms with E-state index in [0.29, 0.717) is 0 Å². The van der Waals surface area contributed by atoms with E-state index in [1.165, 1.54) is 6.07 Å². The Morgan fingerprint density at radius 3 is 2.37 bits per heavy atom. The summed E-state index contributed by atoms with van der Waals surface area (Å²) < 4.78 is 27.9. The van der Waals surface area contributed by atoms with Crippen molar-refractivity contribution >= 4 is 17.2 Å². The van der Waals surface area contributed by atoms with Crippen LogP contribution in [0.1, 0.15) is 35.1 Å². The third-order valence-corrected chi connectivity index (χ3v) is 6.05. The van der Waals surface area contributed by atoms with Crippen LogP contribution in [-0.2, 0) is 0 Å². The monoisotopic (exact) mass is 393 g/mol. The van der Waals surface area contributed by atoms with Crippen molar-refractivity contribution in [3.8, 4) is 0 Å². The number of hydrogen-bond acceptors (Lipinski definition) is 4. The lowest BCUT2D eigenvalue weighted by atomic mass is 10.0. The highest BCUT2D eigenvalue weighted by molar-refractivity contribution is 7.10. The molecular formula is C20H25F2N3OS. The first-order valence-electron chi connectivity index (χ1n) is 9.26. The Balaban J connectivity index is 1.77. The average molecular weight is 394 g/mol. The van der Waals surface area contributed by atoms with Crippen LogP contribution in [0.15, 0.2) is 35.7 Å². The second kappa shape index (κ2) is 8.91. The van der Waals surface area contributed by atoms with Crippen LogP contribution >= 0.6 is 11.3 Å². The molecule has 2 atom stereocenters. The Hall–Kier alpha value is -1.83. The number of halogens is 2. The molecule has 3 rings (SSSR count). The smallest absolute Gasteiger partial charge is 0.257 e. The first kappa shape index (κ1) is 19.9. The fourth-order valence-corrected chi connectivity index (χ4v) is 4.60. The van der Waals surface area contributed by atoms with Gasteiger partial charge in [0.25, 0.3) is 5.91 Å². The van der Waals surface area contributed by atoms with Crippen molar-refractivity contribution in [2.45, 2.75) is 25.9 Å². The number of likely N-dealkylation sites (N-methyl/N-ethyl adjacent to an activating group) is 1. The van der Waals surface area contributed by atoms with Gasteiger partial charge in [-0.25, -0.2) is 8.78 Å². The summed E-state index contributed by atoms with van der Waals surface area (Å²) in [7, 11) is 0. The van der Waals surface area contributed by atoms with Crippen LogP contribution in [0, 0.1) is 11.6 Å². The molecule has 1 N–H and O–H groups in total. The highest BCUT2D eigenvalue weighted by Crippen LogP contribution is 2.29. The van der Waals surface area contributed by atoms with Crippen LogP contribution in [-0.4, -0.2) is 54.5 Å². The lowest BCUT2D eigenvalue weighted by molar-refractivity contribution is 0.0749. The summed E-state index contributed by atoms with van der Waals surface area (Å²) in [6, 6.07) is 7.18. The normalized spacial score (nSPS) is 18.2. The largest absolute Gasteiger partial charge is 0.347 e. The topological polar surface area (TPSA) is 35.6 Å². The van der Waals surface area contributed by atoms with Crippen molar-refractivity contribution in [1.29, 1.82) is 0 Å². The molecule has 27 heavy (non-hydrogen) atoms. The number of benzene rings is 1. The summed E-state index contributed by atoms with van der Waals surface area (Å²) in [6.07, 6.45) is 0. The highest BCUT2D eigenvalue weighted by Gasteiger charge is 2.31. The van der Waals surface area contributed by atoms with Crippen LogP contribution in [0.25, 0.3) is 0 Å². The van der Waals surface area contributed by atoms with Crippen LogP contribution in [0.2, 0.25) is 0 Å². The maximum absolute atomic E-state index is 13.9. The highest BCUT2D eigenvalue weighted by atomic mass is 32.1. The zero-order chi connectivity index (χ0) is 19.4. The molecule has 1 aromatic carbocycles. The molecule has 2 aromatic rings. The molecule has 1 saturated heterocycles. The van der Waals surface area contributed by atoms with Crippen molar-refractivity contribution in [3.05, 3.63) is 57.8 Å². The number of thiophene rings is 1. The molecule has 0 bridgehead atoms. The molecule has 0 aliphatic carbocycles. The Morgan fingerprint density at radius 2 is 1.81 bits per heavy atom. The van der Waals surface area contributed by atoms with Crippen LogP contribution in [0.4, 0.5) is 8.78 Å². The Morgan fingerprint density at radius 1 is 1.15 bits per heavy atom. The Labute approximate surface area is 162 Å². The molecule has 1 aromatic heterocycles. The average Bonchev–Trinajstić information content (AvgIpc) is 3.16. The van der Waals surface area contributed by atoms with Gasteiger partial charge in [-0.05, 0) is 37.0 Å². The molecule has 7 heteroatoms. The van der Waals surface area contributed by atoms with E-state index in [1.54, 1.807) is 11.3 Å². The van der Waals surface area contributed by atoms with Gasteiger partial charge >= 0.3 is 0 Å². The SMILES string of the molecule is CCN1CCN([C@@H](c2cccs2)[C@H](C)NC(=O)c2c(F)cccc2F)CC1. The summed E-state index contributed by atoms with van der Waals surface area (Å²) in [5.74, 6) is -2.40. The molecule has 0 spiro atoms. The number of nitrogens with zero attached hydrogens (tertiary/aromatic N) is 2. The fraction of sp³-hybridized carbons (Fsp3) is 0.450. The summed E-state index contributed by atoms with van der Waals surface area (Å²) in [5.41, 5.74) is -0.523. The summed E-state index contributed by atoms with van der Waals surface area (Å²) in [5, 5.41) is 4.83. The summed E-state index contributed by atoms with van der Waals surface area (Å²) in [4.78, 5) is 18.4. The maximum Gasteiger partial charge on any atom is 0.257 e. The van der Waals surface area contributed by atoms with Gasteiger partial charge in [0.05, 0.1) is 6.04 Å². The lowest BCUT2D eigenvalue weighted by Gasteiger charge is -2.41. The predicted molar refractivity (Wildman–Crippen MR) is 104 cm³/mol. The molecular weight excluding hydrogens is 368 g/mol. The van der Waals surface area contributed by atoms with Crippen molar-refractivity contribution < 1.29 is 13.6 Å². The summed E-state index contributed by atoms with van der Waals surface area (Å²) >= 11 is 1.63. The van der Waals surface area contributed by atoms with E-state index in [1.807, 2.05) is 24.4 Å².